The van der Waals surface area contributed by atoms with E-state index in [1.54, 1.807) is 13.2 Å². The first-order valence-corrected chi connectivity index (χ1v) is 9.35. The fourth-order valence-corrected chi connectivity index (χ4v) is 3.43. The van der Waals surface area contributed by atoms with E-state index >= 15 is 0 Å². The largest absolute Gasteiger partial charge is 0.497 e. The minimum Gasteiger partial charge on any atom is -0.497 e. The van der Waals surface area contributed by atoms with Crippen LogP contribution in [-0.2, 0) is 4.79 Å². The monoisotopic (exact) mass is 374 g/mol. The van der Waals surface area contributed by atoms with Gasteiger partial charge in [0.05, 0.1) is 23.5 Å². The van der Waals surface area contributed by atoms with Crippen molar-refractivity contribution >= 4 is 28.2 Å². The number of aryl methyl sites for hydroxylation is 1. The summed E-state index contributed by atoms with van der Waals surface area (Å²) in [6.07, 6.45) is 1.91. The summed E-state index contributed by atoms with van der Waals surface area (Å²) in [4.78, 5) is 24.8. The number of carbonyl (C=O) groups is 2. The number of methoxy groups -OCH3 is 1. The molecule has 0 aliphatic heterocycles. The molecule has 0 unspecified atom stereocenters. The Kier molecular flexibility index (Phi) is 5.78. The molecule has 0 spiro atoms. The second-order valence-electron chi connectivity index (χ2n) is 6.17. The number of rotatable bonds is 8. The van der Waals surface area contributed by atoms with Crippen LogP contribution in [0.2, 0.25) is 0 Å². The van der Waals surface area contributed by atoms with Gasteiger partial charge in [0.2, 0.25) is 5.91 Å². The fraction of sp³-hybridized carbons (Fsp3) is 0.368. The summed E-state index contributed by atoms with van der Waals surface area (Å²) in [5.74, 6) is 1.44. The molecule has 1 fully saturated rings. The van der Waals surface area contributed by atoms with Crippen LogP contribution in [0.5, 0.6) is 11.5 Å². The van der Waals surface area contributed by atoms with Crippen molar-refractivity contribution in [1.29, 1.82) is 0 Å². The standard InChI is InChI=1S/C19H22N2O4S/c1-12-10-16(21-18(22)13-6-7-13)26-17(12)19(23)20-8-9-25-15-5-3-4-14(11-15)24-2/h3-5,10-11,13H,6-9H2,1-2H3,(H,20,23)(H,21,22). The molecular formula is C19H22N2O4S. The summed E-state index contributed by atoms with van der Waals surface area (Å²) < 4.78 is 10.7. The number of thiophene rings is 1. The lowest BCUT2D eigenvalue weighted by Crippen LogP contribution is -2.27. The van der Waals surface area contributed by atoms with Crippen LogP contribution in [0.3, 0.4) is 0 Å². The van der Waals surface area contributed by atoms with Gasteiger partial charge >= 0.3 is 0 Å². The van der Waals surface area contributed by atoms with Crippen LogP contribution in [0.1, 0.15) is 28.1 Å². The molecule has 2 aromatic rings. The first kappa shape index (κ1) is 18.3. The van der Waals surface area contributed by atoms with Crippen molar-refractivity contribution in [3.63, 3.8) is 0 Å². The van der Waals surface area contributed by atoms with E-state index in [2.05, 4.69) is 10.6 Å². The maximum absolute atomic E-state index is 12.3. The summed E-state index contributed by atoms with van der Waals surface area (Å²) in [6.45, 7) is 2.61. The van der Waals surface area contributed by atoms with E-state index in [4.69, 9.17) is 9.47 Å². The molecule has 138 valence electrons. The third-order valence-electron chi connectivity index (χ3n) is 4.02. The Morgan fingerprint density at radius 2 is 2.00 bits per heavy atom. The Hall–Kier alpha value is -2.54. The van der Waals surface area contributed by atoms with Gasteiger partial charge in [0.25, 0.3) is 5.91 Å². The van der Waals surface area contributed by atoms with Crippen molar-refractivity contribution in [1.82, 2.24) is 5.32 Å². The van der Waals surface area contributed by atoms with Gasteiger partial charge in [-0.25, -0.2) is 0 Å². The van der Waals surface area contributed by atoms with Gasteiger partial charge in [-0.05, 0) is 43.5 Å². The van der Waals surface area contributed by atoms with Gasteiger partial charge in [-0.15, -0.1) is 11.3 Å². The average Bonchev–Trinajstić information content (AvgIpc) is 3.42. The van der Waals surface area contributed by atoms with E-state index in [9.17, 15) is 9.59 Å². The quantitative estimate of drug-likeness (QED) is 0.696. The van der Waals surface area contributed by atoms with Crippen molar-refractivity contribution in [2.75, 3.05) is 25.6 Å². The zero-order valence-electron chi connectivity index (χ0n) is 14.8. The number of hydrogen-bond acceptors (Lipinski definition) is 5. The number of carbonyl (C=O) groups excluding carboxylic acids is 2. The van der Waals surface area contributed by atoms with Gasteiger partial charge in [0.1, 0.15) is 18.1 Å². The van der Waals surface area contributed by atoms with Crippen LogP contribution < -0.4 is 20.1 Å². The predicted molar refractivity (Wildman–Crippen MR) is 101 cm³/mol. The molecule has 0 bridgehead atoms. The normalized spacial score (nSPS) is 13.2. The summed E-state index contributed by atoms with van der Waals surface area (Å²) in [7, 11) is 1.60. The Morgan fingerprint density at radius 1 is 1.23 bits per heavy atom. The van der Waals surface area contributed by atoms with Crippen molar-refractivity contribution in [2.45, 2.75) is 19.8 Å². The smallest absolute Gasteiger partial charge is 0.261 e. The summed E-state index contributed by atoms with van der Waals surface area (Å²) in [6, 6.07) is 9.16. The van der Waals surface area contributed by atoms with E-state index in [1.165, 1.54) is 11.3 Å². The third kappa shape index (κ3) is 4.76. The molecule has 2 amide bonds. The lowest BCUT2D eigenvalue weighted by Gasteiger charge is -2.08. The number of hydrogen-bond donors (Lipinski definition) is 2. The number of anilines is 1. The van der Waals surface area contributed by atoms with Gasteiger partial charge in [0, 0.05) is 12.0 Å². The molecule has 2 N–H and O–H groups in total. The lowest BCUT2D eigenvalue weighted by molar-refractivity contribution is -0.117. The van der Waals surface area contributed by atoms with E-state index in [1.807, 2.05) is 31.2 Å². The zero-order chi connectivity index (χ0) is 18.5. The fourth-order valence-electron chi connectivity index (χ4n) is 2.44. The average molecular weight is 374 g/mol. The van der Waals surface area contributed by atoms with Crippen LogP contribution in [0.4, 0.5) is 5.00 Å². The van der Waals surface area contributed by atoms with Gasteiger partial charge in [0.15, 0.2) is 0 Å². The van der Waals surface area contributed by atoms with E-state index in [0.717, 1.165) is 29.2 Å². The minimum atomic E-state index is -0.159. The van der Waals surface area contributed by atoms with Crippen molar-refractivity contribution in [3.8, 4) is 11.5 Å². The maximum atomic E-state index is 12.3. The number of benzene rings is 1. The Labute approximate surface area is 156 Å². The molecule has 6 nitrogen and oxygen atoms in total. The summed E-state index contributed by atoms with van der Waals surface area (Å²) in [5, 5.41) is 6.45. The molecule has 1 aromatic carbocycles. The molecule has 1 aromatic heterocycles. The first-order chi connectivity index (χ1) is 12.6. The number of ether oxygens (including phenoxy) is 2. The highest BCUT2D eigenvalue weighted by Crippen LogP contribution is 2.32. The van der Waals surface area contributed by atoms with E-state index < -0.39 is 0 Å². The van der Waals surface area contributed by atoms with Gasteiger partial charge in [-0.2, -0.15) is 0 Å². The topological polar surface area (TPSA) is 76.7 Å². The molecule has 7 heteroatoms. The number of nitrogens with one attached hydrogen (secondary N) is 2. The molecular weight excluding hydrogens is 352 g/mol. The van der Waals surface area contributed by atoms with Crippen LogP contribution >= 0.6 is 11.3 Å². The first-order valence-electron chi connectivity index (χ1n) is 8.53. The van der Waals surface area contributed by atoms with Crippen LogP contribution in [0, 0.1) is 12.8 Å². The number of amides is 2. The summed E-state index contributed by atoms with van der Waals surface area (Å²) >= 11 is 1.30. The van der Waals surface area contributed by atoms with Gasteiger partial charge in [-0.3, -0.25) is 9.59 Å². The molecule has 1 aliphatic rings. The van der Waals surface area contributed by atoms with Crippen LogP contribution in [0.25, 0.3) is 0 Å². The van der Waals surface area contributed by atoms with Crippen molar-refractivity contribution in [3.05, 3.63) is 40.8 Å². The summed E-state index contributed by atoms with van der Waals surface area (Å²) in [5.41, 5.74) is 0.854. The Morgan fingerprint density at radius 3 is 2.73 bits per heavy atom. The minimum absolute atomic E-state index is 0.0462. The molecule has 1 saturated carbocycles. The SMILES string of the molecule is COc1cccc(OCCNC(=O)c2sc(NC(=O)C3CC3)cc2C)c1. The second kappa shape index (κ2) is 8.23. The molecule has 3 rings (SSSR count). The van der Waals surface area contributed by atoms with Crippen LogP contribution in [0.15, 0.2) is 30.3 Å². The van der Waals surface area contributed by atoms with Crippen molar-refractivity contribution < 1.29 is 19.1 Å². The lowest BCUT2D eigenvalue weighted by atomic mass is 10.2. The molecule has 26 heavy (non-hydrogen) atoms. The highest BCUT2D eigenvalue weighted by Gasteiger charge is 2.30. The van der Waals surface area contributed by atoms with E-state index in [0.29, 0.717) is 23.8 Å². The maximum Gasteiger partial charge on any atom is 0.261 e. The molecule has 1 heterocycles. The van der Waals surface area contributed by atoms with Gasteiger partial charge in [-0.1, -0.05) is 6.07 Å². The molecule has 0 saturated heterocycles. The highest BCUT2D eigenvalue weighted by atomic mass is 32.1. The Bertz CT molecular complexity index is 799. The Balaban J connectivity index is 1.47. The van der Waals surface area contributed by atoms with E-state index in [-0.39, 0.29) is 17.7 Å². The van der Waals surface area contributed by atoms with Crippen molar-refractivity contribution in [2.24, 2.45) is 5.92 Å². The zero-order valence-corrected chi connectivity index (χ0v) is 15.7. The predicted octanol–water partition coefficient (Wildman–Crippen LogP) is 3.22. The molecule has 0 atom stereocenters. The molecule has 0 radical (unpaired) electrons. The van der Waals surface area contributed by atoms with Gasteiger partial charge < -0.3 is 20.1 Å². The highest BCUT2D eigenvalue weighted by molar-refractivity contribution is 7.18. The molecule has 1 aliphatic carbocycles. The second-order valence-corrected chi connectivity index (χ2v) is 7.22. The van der Waals surface area contributed by atoms with Crippen LogP contribution in [-0.4, -0.2) is 32.1 Å². The third-order valence-corrected chi connectivity index (χ3v) is 5.17.